The lowest BCUT2D eigenvalue weighted by atomic mass is 10.0. The van der Waals surface area contributed by atoms with Gasteiger partial charge in [0.1, 0.15) is 28.7 Å². The molecule has 0 bridgehead atoms. The molecule has 0 saturated heterocycles. The fourth-order valence-corrected chi connectivity index (χ4v) is 3.47. The molecule has 2 atom stereocenters. The number of rotatable bonds is 1. The molecule has 2 unspecified atom stereocenters. The van der Waals surface area contributed by atoms with Gasteiger partial charge in [-0.2, -0.15) is 0 Å². The Bertz CT molecular complexity index is 1010. The Balaban J connectivity index is 0.000000169. The van der Waals surface area contributed by atoms with Crippen molar-refractivity contribution in [1.29, 1.82) is 0 Å². The van der Waals surface area contributed by atoms with E-state index in [0.717, 1.165) is 0 Å². The number of Topliss-reactive ketones (excluding diaryl/α,β-unsaturated/α-hetero) is 2. The summed E-state index contributed by atoms with van der Waals surface area (Å²) in [5.41, 5.74) is 0.601. The second-order valence-corrected chi connectivity index (χ2v) is 7.65. The first-order valence-electron chi connectivity index (χ1n) is 8.83. The van der Waals surface area contributed by atoms with Gasteiger partial charge in [0, 0.05) is 30.0 Å². The quantitative estimate of drug-likeness (QED) is 0.443. The Morgan fingerprint density at radius 2 is 1.48 bits per heavy atom. The van der Waals surface area contributed by atoms with Gasteiger partial charge in [-0.1, -0.05) is 23.2 Å². The molecule has 2 aromatic carbocycles. The molecule has 0 aromatic heterocycles. The third kappa shape index (κ3) is 4.68. The van der Waals surface area contributed by atoms with E-state index in [-0.39, 0.29) is 46.5 Å². The van der Waals surface area contributed by atoms with Crippen LogP contribution in [0.25, 0.3) is 0 Å². The fraction of sp³-hybridized carbons (Fsp3) is 0.300. The van der Waals surface area contributed by atoms with Gasteiger partial charge in [0.25, 0.3) is 5.69 Å². The molecule has 2 aliphatic heterocycles. The lowest BCUT2D eigenvalue weighted by Crippen LogP contribution is -2.24. The first-order chi connectivity index (χ1) is 13.7. The number of hydrogen-bond acceptors (Lipinski definition) is 6. The van der Waals surface area contributed by atoms with E-state index in [1.54, 1.807) is 25.1 Å². The standard InChI is InChI=1S/C10H8ClNO4.C10H9ClO2/c1-5-2-9(13)6-3-8(12(14)15)7(11)4-10(6)16-5;1-6-4-9(12)8-3-2-7(11)5-10(8)13-6/h3-5H,2H2,1H3;2-3,5-6H,4H2,1H3. The summed E-state index contributed by atoms with van der Waals surface area (Å²) in [6.07, 6.45) is 0.413. The maximum absolute atomic E-state index is 11.6. The lowest BCUT2D eigenvalue weighted by Gasteiger charge is -2.22. The van der Waals surface area contributed by atoms with Crippen molar-refractivity contribution in [2.75, 3.05) is 0 Å². The van der Waals surface area contributed by atoms with Gasteiger partial charge in [-0.05, 0) is 32.0 Å². The van der Waals surface area contributed by atoms with E-state index in [1.807, 2.05) is 6.92 Å². The van der Waals surface area contributed by atoms with E-state index >= 15 is 0 Å². The van der Waals surface area contributed by atoms with E-state index in [1.165, 1.54) is 12.1 Å². The molecule has 29 heavy (non-hydrogen) atoms. The van der Waals surface area contributed by atoms with E-state index in [4.69, 9.17) is 32.7 Å². The molecule has 7 nitrogen and oxygen atoms in total. The highest BCUT2D eigenvalue weighted by atomic mass is 35.5. The van der Waals surface area contributed by atoms with Crippen molar-refractivity contribution >= 4 is 40.5 Å². The molecule has 0 amide bonds. The van der Waals surface area contributed by atoms with E-state index in [0.29, 0.717) is 28.5 Å². The second-order valence-electron chi connectivity index (χ2n) is 6.81. The molecular formula is C20H17Cl2NO6. The van der Waals surface area contributed by atoms with Gasteiger partial charge < -0.3 is 9.47 Å². The van der Waals surface area contributed by atoms with Crippen molar-refractivity contribution in [2.24, 2.45) is 0 Å². The van der Waals surface area contributed by atoms with Crippen LogP contribution in [0.4, 0.5) is 5.69 Å². The first-order valence-corrected chi connectivity index (χ1v) is 9.58. The lowest BCUT2D eigenvalue weighted by molar-refractivity contribution is -0.384. The van der Waals surface area contributed by atoms with Crippen LogP contribution >= 0.6 is 23.2 Å². The SMILES string of the molecule is CC1CC(=O)c2cc([N+](=O)[O-])c(Cl)cc2O1.CC1CC(=O)c2ccc(Cl)cc2O1. The molecule has 2 aromatic rings. The molecular weight excluding hydrogens is 421 g/mol. The number of benzene rings is 2. The highest BCUT2D eigenvalue weighted by Gasteiger charge is 2.28. The second kappa shape index (κ2) is 8.39. The molecule has 0 radical (unpaired) electrons. The van der Waals surface area contributed by atoms with E-state index in [9.17, 15) is 19.7 Å². The van der Waals surface area contributed by atoms with Crippen LogP contribution in [0.3, 0.4) is 0 Å². The predicted octanol–water partition coefficient (Wildman–Crippen LogP) is 5.30. The average molecular weight is 438 g/mol. The molecule has 0 spiro atoms. The molecule has 0 fully saturated rings. The predicted molar refractivity (Wildman–Crippen MR) is 108 cm³/mol. The molecule has 2 aliphatic rings. The summed E-state index contributed by atoms with van der Waals surface area (Å²) < 4.78 is 10.9. The van der Waals surface area contributed by atoms with Gasteiger partial charge in [-0.3, -0.25) is 19.7 Å². The Morgan fingerprint density at radius 1 is 0.931 bits per heavy atom. The Kier molecular flexibility index (Phi) is 6.10. The van der Waals surface area contributed by atoms with Crippen LogP contribution in [0.15, 0.2) is 30.3 Å². The van der Waals surface area contributed by atoms with Gasteiger partial charge >= 0.3 is 0 Å². The minimum atomic E-state index is -0.617. The monoisotopic (exact) mass is 437 g/mol. The summed E-state index contributed by atoms with van der Waals surface area (Å²) in [7, 11) is 0. The van der Waals surface area contributed by atoms with Crippen molar-refractivity contribution in [3.05, 3.63) is 61.6 Å². The average Bonchev–Trinajstić information content (AvgIpc) is 2.60. The van der Waals surface area contributed by atoms with Crippen LogP contribution in [0, 0.1) is 10.1 Å². The Labute approximate surface area is 176 Å². The number of nitro benzene ring substituents is 1. The van der Waals surface area contributed by atoms with Crippen LogP contribution in [0.5, 0.6) is 11.5 Å². The largest absolute Gasteiger partial charge is 0.489 e. The molecule has 2 heterocycles. The minimum absolute atomic E-state index is 0.0225. The topological polar surface area (TPSA) is 95.7 Å². The number of fused-ring (bicyclic) bond motifs is 2. The molecule has 0 saturated carbocycles. The normalized spacial score (nSPS) is 19.7. The van der Waals surface area contributed by atoms with Crippen LogP contribution in [0.2, 0.25) is 10.0 Å². The Hall–Kier alpha value is -2.64. The van der Waals surface area contributed by atoms with Crippen LogP contribution < -0.4 is 9.47 Å². The molecule has 4 rings (SSSR count). The summed E-state index contributed by atoms with van der Waals surface area (Å²) in [5.74, 6) is 0.898. The summed E-state index contributed by atoms with van der Waals surface area (Å²) in [6, 6.07) is 7.60. The summed E-state index contributed by atoms with van der Waals surface area (Å²) in [4.78, 5) is 33.2. The number of carbonyl (C=O) groups excluding carboxylic acids is 2. The molecule has 152 valence electrons. The zero-order valence-electron chi connectivity index (χ0n) is 15.6. The molecule has 0 N–H and O–H groups in total. The van der Waals surface area contributed by atoms with Crippen molar-refractivity contribution in [3.8, 4) is 11.5 Å². The van der Waals surface area contributed by atoms with Gasteiger partial charge in [-0.25, -0.2) is 0 Å². The van der Waals surface area contributed by atoms with Crippen molar-refractivity contribution in [3.63, 3.8) is 0 Å². The van der Waals surface area contributed by atoms with Crippen LogP contribution in [-0.2, 0) is 0 Å². The number of halogens is 2. The molecule has 0 aliphatic carbocycles. The van der Waals surface area contributed by atoms with Crippen molar-refractivity contribution in [2.45, 2.75) is 38.9 Å². The number of ketones is 2. The number of nitrogens with zero attached hydrogens (tertiary/aromatic N) is 1. The summed E-state index contributed by atoms with van der Waals surface area (Å²) in [6.45, 7) is 3.64. The highest BCUT2D eigenvalue weighted by Crippen LogP contribution is 2.36. The van der Waals surface area contributed by atoms with Crippen molar-refractivity contribution < 1.29 is 24.0 Å². The van der Waals surface area contributed by atoms with E-state index in [2.05, 4.69) is 0 Å². The van der Waals surface area contributed by atoms with Crippen molar-refractivity contribution in [1.82, 2.24) is 0 Å². The summed E-state index contributed by atoms with van der Waals surface area (Å²) >= 11 is 11.5. The van der Waals surface area contributed by atoms with Gasteiger partial charge in [0.15, 0.2) is 11.6 Å². The Morgan fingerprint density at radius 3 is 2.07 bits per heavy atom. The number of hydrogen-bond donors (Lipinski definition) is 0. The number of ether oxygens (including phenoxy) is 2. The zero-order chi connectivity index (χ0) is 21.3. The minimum Gasteiger partial charge on any atom is -0.489 e. The van der Waals surface area contributed by atoms with Gasteiger partial charge in [-0.15, -0.1) is 0 Å². The molecule has 9 heteroatoms. The number of carbonyl (C=O) groups is 2. The highest BCUT2D eigenvalue weighted by molar-refractivity contribution is 6.33. The summed E-state index contributed by atoms with van der Waals surface area (Å²) in [5, 5.41) is 11.2. The zero-order valence-corrected chi connectivity index (χ0v) is 17.1. The number of nitro groups is 1. The first kappa shape index (κ1) is 21.1. The third-order valence-corrected chi connectivity index (χ3v) is 4.93. The van der Waals surface area contributed by atoms with Crippen LogP contribution in [0.1, 0.15) is 47.4 Å². The maximum atomic E-state index is 11.6. The van der Waals surface area contributed by atoms with E-state index < -0.39 is 4.92 Å². The van der Waals surface area contributed by atoms with Gasteiger partial charge in [0.05, 0.1) is 16.1 Å². The maximum Gasteiger partial charge on any atom is 0.288 e. The van der Waals surface area contributed by atoms with Gasteiger partial charge in [0.2, 0.25) is 0 Å². The third-order valence-electron chi connectivity index (χ3n) is 4.39. The van der Waals surface area contributed by atoms with Crippen LogP contribution in [-0.4, -0.2) is 28.7 Å². The smallest absolute Gasteiger partial charge is 0.288 e. The fourth-order valence-electron chi connectivity index (χ4n) is 3.08.